The lowest BCUT2D eigenvalue weighted by Gasteiger charge is -2.21. The van der Waals surface area contributed by atoms with Crippen molar-refractivity contribution in [3.63, 3.8) is 0 Å². The van der Waals surface area contributed by atoms with Gasteiger partial charge in [0.05, 0.1) is 24.0 Å². The smallest absolute Gasteiger partial charge is 0.282 e. The Bertz CT molecular complexity index is 948. The number of anilines is 1. The summed E-state index contributed by atoms with van der Waals surface area (Å²) in [5.74, 6) is -0.0680. The molecule has 0 fully saturated rings. The van der Waals surface area contributed by atoms with Gasteiger partial charge < -0.3 is 14.7 Å². The van der Waals surface area contributed by atoms with Gasteiger partial charge in [-0.2, -0.15) is 0 Å². The number of para-hydroxylation sites is 1. The number of amides is 2. The minimum absolute atomic E-state index is 0.0394. The van der Waals surface area contributed by atoms with Crippen LogP contribution >= 0.6 is 0 Å². The van der Waals surface area contributed by atoms with Crippen molar-refractivity contribution in [2.45, 2.75) is 26.9 Å². The van der Waals surface area contributed by atoms with Gasteiger partial charge in [-0.1, -0.05) is 30.3 Å². The molecule has 0 spiro atoms. The first-order chi connectivity index (χ1) is 13.8. The first-order valence-electron chi connectivity index (χ1n) is 9.63. The van der Waals surface area contributed by atoms with Gasteiger partial charge in [-0.05, 0) is 50.1 Å². The summed E-state index contributed by atoms with van der Waals surface area (Å²) < 4.78 is 5.68. The SMILES string of the molecule is Cc1ccccc1N1C(=O)C(c2ccc(OC(C)C)cc2)=C(N(C)CCO)C1=O. The molecule has 0 radical (unpaired) electrons. The lowest BCUT2D eigenvalue weighted by molar-refractivity contribution is -0.120. The number of hydrogen-bond acceptors (Lipinski definition) is 5. The van der Waals surface area contributed by atoms with Crippen molar-refractivity contribution in [1.82, 2.24) is 4.90 Å². The molecule has 2 aromatic rings. The highest BCUT2D eigenvalue weighted by atomic mass is 16.5. The third-order valence-electron chi connectivity index (χ3n) is 4.75. The fourth-order valence-electron chi connectivity index (χ4n) is 3.40. The van der Waals surface area contributed by atoms with Crippen molar-refractivity contribution in [1.29, 1.82) is 0 Å². The Labute approximate surface area is 171 Å². The van der Waals surface area contributed by atoms with Gasteiger partial charge in [-0.25, -0.2) is 4.90 Å². The van der Waals surface area contributed by atoms with E-state index in [4.69, 9.17) is 4.74 Å². The Morgan fingerprint density at radius 2 is 1.69 bits per heavy atom. The maximum atomic E-state index is 13.4. The van der Waals surface area contributed by atoms with Gasteiger partial charge in [0.15, 0.2) is 0 Å². The number of likely N-dealkylation sites (N-methyl/N-ethyl adjacent to an activating group) is 1. The molecular weight excluding hydrogens is 368 g/mol. The molecule has 3 rings (SSSR count). The molecule has 0 bridgehead atoms. The minimum Gasteiger partial charge on any atom is -0.491 e. The monoisotopic (exact) mass is 394 g/mol. The van der Waals surface area contributed by atoms with Crippen LogP contribution in [0.15, 0.2) is 54.2 Å². The molecule has 1 aliphatic rings. The lowest BCUT2D eigenvalue weighted by atomic mass is 10.0. The summed E-state index contributed by atoms with van der Waals surface area (Å²) in [7, 11) is 1.70. The lowest BCUT2D eigenvalue weighted by Crippen LogP contribution is -2.35. The van der Waals surface area contributed by atoms with Gasteiger partial charge in [0.2, 0.25) is 0 Å². The minimum atomic E-state index is -0.391. The van der Waals surface area contributed by atoms with Crippen LogP contribution in [-0.4, -0.2) is 48.1 Å². The second kappa shape index (κ2) is 8.49. The summed E-state index contributed by atoms with van der Waals surface area (Å²) in [4.78, 5) is 29.5. The number of rotatable bonds is 7. The van der Waals surface area contributed by atoms with Crippen molar-refractivity contribution in [2.75, 3.05) is 25.1 Å². The van der Waals surface area contributed by atoms with Crippen molar-refractivity contribution in [3.8, 4) is 5.75 Å². The molecular formula is C23H26N2O4. The van der Waals surface area contributed by atoms with E-state index < -0.39 is 5.91 Å². The zero-order chi connectivity index (χ0) is 21.1. The second-order valence-electron chi connectivity index (χ2n) is 7.29. The Hall–Kier alpha value is -3.12. The van der Waals surface area contributed by atoms with E-state index in [0.29, 0.717) is 22.6 Å². The predicted octanol–water partition coefficient (Wildman–Crippen LogP) is 2.99. The van der Waals surface area contributed by atoms with Crippen molar-refractivity contribution < 1.29 is 19.4 Å². The fourth-order valence-corrected chi connectivity index (χ4v) is 3.40. The standard InChI is InChI=1S/C23H26N2O4/c1-15(2)29-18-11-9-17(10-12-18)20-21(24(4)13-14-26)23(28)25(22(20)27)19-8-6-5-7-16(19)3/h5-12,15,26H,13-14H2,1-4H3. The number of aliphatic hydroxyl groups is 1. The number of hydrogen-bond donors (Lipinski definition) is 1. The van der Waals surface area contributed by atoms with Crippen LogP contribution in [0.3, 0.4) is 0 Å². The largest absolute Gasteiger partial charge is 0.491 e. The molecule has 0 saturated carbocycles. The Morgan fingerprint density at radius 1 is 1.03 bits per heavy atom. The number of aryl methyl sites for hydroxylation is 1. The van der Waals surface area contributed by atoms with Crippen LogP contribution in [0.2, 0.25) is 0 Å². The van der Waals surface area contributed by atoms with Crippen LogP contribution in [0, 0.1) is 6.92 Å². The second-order valence-corrected chi connectivity index (χ2v) is 7.29. The molecule has 0 saturated heterocycles. The Kier molecular flexibility index (Phi) is 6.03. The first-order valence-corrected chi connectivity index (χ1v) is 9.63. The topological polar surface area (TPSA) is 70.1 Å². The van der Waals surface area contributed by atoms with Gasteiger partial charge in [0, 0.05) is 13.6 Å². The quantitative estimate of drug-likeness (QED) is 0.731. The number of carbonyl (C=O) groups excluding carboxylic acids is 2. The maximum Gasteiger partial charge on any atom is 0.282 e. The van der Waals surface area contributed by atoms with E-state index >= 15 is 0 Å². The first kappa shape index (κ1) is 20.6. The van der Waals surface area contributed by atoms with Crippen LogP contribution in [0.5, 0.6) is 5.75 Å². The summed E-state index contributed by atoms with van der Waals surface area (Å²) in [5, 5.41) is 9.36. The molecule has 152 valence electrons. The predicted molar refractivity (Wildman–Crippen MR) is 113 cm³/mol. The summed E-state index contributed by atoms with van der Waals surface area (Å²) in [6, 6.07) is 14.4. The molecule has 0 aliphatic carbocycles. The van der Waals surface area contributed by atoms with Gasteiger partial charge in [-0.15, -0.1) is 0 Å². The average Bonchev–Trinajstić information content (AvgIpc) is 2.93. The van der Waals surface area contributed by atoms with Gasteiger partial charge in [0.25, 0.3) is 11.8 Å². The molecule has 0 unspecified atom stereocenters. The highest BCUT2D eigenvalue weighted by Gasteiger charge is 2.42. The fraction of sp³-hybridized carbons (Fsp3) is 0.304. The Balaban J connectivity index is 2.08. The molecule has 0 aromatic heterocycles. The van der Waals surface area contributed by atoms with Gasteiger partial charge in [-0.3, -0.25) is 9.59 Å². The van der Waals surface area contributed by atoms with Crippen LogP contribution in [-0.2, 0) is 9.59 Å². The summed E-state index contributed by atoms with van der Waals surface area (Å²) in [6.07, 6.45) is 0.0394. The van der Waals surface area contributed by atoms with E-state index in [2.05, 4.69) is 0 Å². The zero-order valence-electron chi connectivity index (χ0n) is 17.2. The molecule has 1 N–H and O–H groups in total. The van der Waals surface area contributed by atoms with Crippen LogP contribution in [0.25, 0.3) is 5.57 Å². The highest BCUT2D eigenvalue weighted by molar-refractivity contribution is 6.45. The maximum absolute atomic E-state index is 13.4. The number of imide groups is 1. The number of benzene rings is 2. The molecule has 0 atom stereocenters. The van der Waals surface area contributed by atoms with E-state index in [9.17, 15) is 14.7 Å². The van der Waals surface area contributed by atoms with Gasteiger partial charge in [0.1, 0.15) is 11.4 Å². The normalized spacial score (nSPS) is 14.2. The van der Waals surface area contributed by atoms with Crippen molar-refractivity contribution >= 4 is 23.1 Å². The molecule has 1 aliphatic heterocycles. The molecule has 1 heterocycles. The third-order valence-corrected chi connectivity index (χ3v) is 4.75. The van der Waals surface area contributed by atoms with Crippen LogP contribution in [0.1, 0.15) is 25.0 Å². The Morgan fingerprint density at radius 3 is 2.28 bits per heavy atom. The van der Waals surface area contributed by atoms with E-state index in [-0.39, 0.29) is 30.9 Å². The van der Waals surface area contributed by atoms with Crippen LogP contribution in [0.4, 0.5) is 5.69 Å². The number of nitrogens with zero attached hydrogens (tertiary/aromatic N) is 2. The van der Waals surface area contributed by atoms with E-state index in [0.717, 1.165) is 5.56 Å². The third kappa shape index (κ3) is 4.03. The van der Waals surface area contributed by atoms with E-state index in [1.165, 1.54) is 4.90 Å². The van der Waals surface area contributed by atoms with Crippen LogP contribution < -0.4 is 9.64 Å². The van der Waals surface area contributed by atoms with E-state index in [1.54, 1.807) is 48.3 Å². The van der Waals surface area contributed by atoms with Gasteiger partial charge >= 0.3 is 0 Å². The number of carbonyl (C=O) groups is 2. The summed E-state index contributed by atoms with van der Waals surface area (Å²) >= 11 is 0. The van der Waals surface area contributed by atoms with Crippen molar-refractivity contribution in [3.05, 3.63) is 65.4 Å². The zero-order valence-corrected chi connectivity index (χ0v) is 17.2. The number of aliphatic hydroxyl groups excluding tert-OH is 1. The van der Waals surface area contributed by atoms with Crippen molar-refractivity contribution in [2.24, 2.45) is 0 Å². The molecule has 2 aromatic carbocycles. The highest BCUT2D eigenvalue weighted by Crippen LogP contribution is 2.36. The molecule has 6 nitrogen and oxygen atoms in total. The number of ether oxygens (including phenoxy) is 1. The molecule has 29 heavy (non-hydrogen) atoms. The molecule has 2 amide bonds. The molecule has 6 heteroatoms. The van der Waals surface area contributed by atoms with E-state index in [1.807, 2.05) is 32.9 Å². The average molecular weight is 394 g/mol. The summed E-state index contributed by atoms with van der Waals surface area (Å²) in [5.41, 5.74) is 2.64. The summed E-state index contributed by atoms with van der Waals surface area (Å²) in [6.45, 7) is 5.87.